The molecule has 0 saturated carbocycles. The monoisotopic (exact) mass is 400 g/mol. The summed E-state index contributed by atoms with van der Waals surface area (Å²) in [7, 11) is 0. The Kier molecular flexibility index (Phi) is 4.68. The molecule has 0 fully saturated rings. The predicted octanol–water partition coefficient (Wildman–Crippen LogP) is 1.05. The molecule has 4 heterocycles. The fourth-order valence-electron chi connectivity index (χ4n) is 3.87. The van der Waals surface area contributed by atoms with Crippen LogP contribution in [0.25, 0.3) is 16.8 Å². The van der Waals surface area contributed by atoms with E-state index in [-0.39, 0.29) is 11.9 Å². The molecule has 3 aromatic rings. The topological polar surface area (TPSA) is 102 Å². The summed E-state index contributed by atoms with van der Waals surface area (Å²) < 4.78 is 2.18. The highest BCUT2D eigenvalue weighted by Crippen LogP contribution is 2.23. The molecule has 2 aliphatic heterocycles. The first-order valence-electron chi connectivity index (χ1n) is 9.99. The predicted molar refractivity (Wildman–Crippen MR) is 112 cm³/mol. The molecule has 8 heteroatoms. The van der Waals surface area contributed by atoms with Gasteiger partial charge >= 0.3 is 5.91 Å². The zero-order chi connectivity index (χ0) is 20.5. The maximum atomic E-state index is 13.0. The van der Waals surface area contributed by atoms with Crippen LogP contribution in [0.3, 0.4) is 0 Å². The number of hydrogen-bond acceptors (Lipinski definition) is 5. The molecule has 1 aromatic carbocycles. The van der Waals surface area contributed by atoms with Crippen LogP contribution < -0.4 is 10.7 Å². The van der Waals surface area contributed by atoms with Crippen molar-refractivity contribution in [1.82, 2.24) is 24.8 Å². The van der Waals surface area contributed by atoms with Gasteiger partial charge in [-0.1, -0.05) is 35.4 Å². The molecule has 2 aromatic heterocycles. The molecule has 5 rings (SSSR count). The van der Waals surface area contributed by atoms with E-state index >= 15 is 0 Å². The number of imidazole rings is 1. The highest BCUT2D eigenvalue weighted by molar-refractivity contribution is 6.17. The molecule has 8 nitrogen and oxygen atoms in total. The molecule has 3 N–H and O–H groups in total. The Labute approximate surface area is 173 Å². The van der Waals surface area contributed by atoms with Crippen molar-refractivity contribution in [2.24, 2.45) is 5.10 Å². The van der Waals surface area contributed by atoms with Crippen molar-refractivity contribution in [3.8, 4) is 11.3 Å². The van der Waals surface area contributed by atoms with Gasteiger partial charge in [-0.25, -0.2) is 9.97 Å². The van der Waals surface area contributed by atoms with E-state index in [0.717, 1.165) is 35.7 Å². The number of quaternary nitrogens is 1. The van der Waals surface area contributed by atoms with Gasteiger partial charge < -0.3 is 9.88 Å². The summed E-state index contributed by atoms with van der Waals surface area (Å²) in [6, 6.07) is 10.2. The standard InChI is InChI=1S/C22H21N7O/c1-14-10-23-12-18(25-14)17-11-24-28-21(17)22(30)26-16-7-8-29-13-19(27-20(29)9-16)15-5-3-2-4-6-15/h2-6,10-13,16H,7-9H2,1H3,(H,24,28)(H,26,30)/p+1. The molecule has 30 heavy (non-hydrogen) atoms. The maximum absolute atomic E-state index is 13.0. The smallest absolute Gasteiger partial charge is 0.308 e. The molecular weight excluding hydrogens is 378 g/mol. The number of nitrogens with one attached hydrogen (secondary N) is 1. The van der Waals surface area contributed by atoms with Crippen LogP contribution in [-0.2, 0) is 17.8 Å². The van der Waals surface area contributed by atoms with E-state index in [2.05, 4.69) is 43.3 Å². The number of carbonyl (C=O) groups is 1. The summed E-state index contributed by atoms with van der Waals surface area (Å²) in [6.45, 7) is 2.70. The van der Waals surface area contributed by atoms with Gasteiger partial charge in [0.2, 0.25) is 5.70 Å². The van der Waals surface area contributed by atoms with Crippen LogP contribution in [0.15, 0.2) is 59.7 Å². The molecule has 150 valence electrons. The quantitative estimate of drug-likeness (QED) is 0.639. The second kappa shape index (κ2) is 7.64. The lowest BCUT2D eigenvalue weighted by Gasteiger charge is -2.23. The normalized spacial score (nSPS) is 17.8. The van der Waals surface area contributed by atoms with Crippen molar-refractivity contribution in [3.05, 3.63) is 71.8 Å². The Balaban J connectivity index is 1.32. The second-order valence-corrected chi connectivity index (χ2v) is 7.55. The van der Waals surface area contributed by atoms with Crippen LogP contribution in [0.5, 0.6) is 0 Å². The number of aryl methyl sites for hydroxylation is 2. The average Bonchev–Trinajstić information content (AvgIpc) is 3.41. The van der Waals surface area contributed by atoms with Crippen LogP contribution in [0.4, 0.5) is 0 Å². The summed E-state index contributed by atoms with van der Waals surface area (Å²) in [6.07, 6.45) is 8.66. The first-order valence-corrected chi connectivity index (χ1v) is 9.99. The number of nitrogens with two attached hydrogens (primary N) is 1. The highest BCUT2D eigenvalue weighted by atomic mass is 16.2. The number of fused-ring (bicyclic) bond motifs is 1. The van der Waals surface area contributed by atoms with E-state index in [1.54, 1.807) is 24.0 Å². The van der Waals surface area contributed by atoms with E-state index < -0.39 is 0 Å². The molecule has 2 aliphatic rings. The minimum atomic E-state index is -0.140. The number of aromatic nitrogens is 4. The molecule has 0 radical (unpaired) electrons. The van der Waals surface area contributed by atoms with Crippen molar-refractivity contribution < 1.29 is 10.2 Å². The van der Waals surface area contributed by atoms with Crippen LogP contribution in [0.2, 0.25) is 0 Å². The third kappa shape index (κ3) is 3.53. The Morgan fingerprint density at radius 3 is 2.87 bits per heavy atom. The van der Waals surface area contributed by atoms with Gasteiger partial charge in [0.15, 0.2) is 0 Å². The maximum Gasteiger partial charge on any atom is 0.308 e. The van der Waals surface area contributed by atoms with Crippen molar-refractivity contribution >= 4 is 17.7 Å². The molecule has 0 spiro atoms. The number of benzene rings is 1. The van der Waals surface area contributed by atoms with Crippen molar-refractivity contribution in [3.63, 3.8) is 0 Å². The fraction of sp³-hybridized carbons (Fsp3) is 0.227. The SMILES string of the molecule is Cc1cncc(C2=C(C(=O)NC3CCn4cc(-c5ccccc5)nc4C3)[NH2+]N=C2)n1. The lowest BCUT2D eigenvalue weighted by molar-refractivity contribution is -0.602. The highest BCUT2D eigenvalue weighted by Gasteiger charge is 2.29. The largest absolute Gasteiger partial charge is 0.344 e. The molecular formula is C22H22N7O+. The van der Waals surface area contributed by atoms with Crippen LogP contribution in [0.1, 0.15) is 23.6 Å². The molecule has 0 saturated heterocycles. The summed E-state index contributed by atoms with van der Waals surface area (Å²) >= 11 is 0. The molecule has 0 bridgehead atoms. The van der Waals surface area contributed by atoms with Crippen LogP contribution in [-0.4, -0.2) is 37.7 Å². The summed E-state index contributed by atoms with van der Waals surface area (Å²) in [5, 5.41) is 7.33. The Morgan fingerprint density at radius 2 is 2.03 bits per heavy atom. The number of hydrogen-bond donors (Lipinski definition) is 2. The zero-order valence-electron chi connectivity index (χ0n) is 16.6. The lowest BCUT2D eigenvalue weighted by Crippen LogP contribution is -2.77. The lowest BCUT2D eigenvalue weighted by atomic mass is 10.1. The molecule has 1 unspecified atom stereocenters. The Hall–Kier alpha value is -3.65. The van der Waals surface area contributed by atoms with Crippen molar-refractivity contribution in [1.29, 1.82) is 0 Å². The Bertz CT molecular complexity index is 1160. The van der Waals surface area contributed by atoms with Gasteiger partial charge in [-0.2, -0.15) is 5.43 Å². The van der Waals surface area contributed by atoms with E-state index in [9.17, 15) is 4.79 Å². The van der Waals surface area contributed by atoms with Gasteiger partial charge in [0.05, 0.1) is 35.1 Å². The minimum Gasteiger partial charge on any atom is -0.344 e. The fourth-order valence-corrected chi connectivity index (χ4v) is 3.87. The second-order valence-electron chi connectivity index (χ2n) is 7.55. The van der Waals surface area contributed by atoms with Crippen LogP contribution in [0, 0.1) is 6.92 Å². The van der Waals surface area contributed by atoms with Gasteiger partial charge in [0.1, 0.15) is 5.82 Å². The Morgan fingerprint density at radius 1 is 1.17 bits per heavy atom. The average molecular weight is 400 g/mol. The van der Waals surface area contributed by atoms with E-state index in [1.807, 2.05) is 25.1 Å². The van der Waals surface area contributed by atoms with E-state index in [4.69, 9.17) is 4.98 Å². The van der Waals surface area contributed by atoms with E-state index in [1.165, 1.54) is 0 Å². The summed E-state index contributed by atoms with van der Waals surface area (Å²) in [5.74, 6) is 0.856. The van der Waals surface area contributed by atoms with Gasteiger partial charge in [-0.15, -0.1) is 0 Å². The summed E-state index contributed by atoms with van der Waals surface area (Å²) in [5.41, 5.74) is 6.34. The summed E-state index contributed by atoms with van der Waals surface area (Å²) in [4.78, 5) is 26.4. The number of rotatable bonds is 4. The third-order valence-corrected chi connectivity index (χ3v) is 5.38. The number of amides is 1. The van der Waals surface area contributed by atoms with Gasteiger partial charge in [0, 0.05) is 37.0 Å². The first kappa shape index (κ1) is 18.4. The molecule has 1 atom stereocenters. The minimum absolute atomic E-state index is 0.0300. The number of allylic oxidation sites excluding steroid dienone is 1. The first-order chi connectivity index (χ1) is 14.7. The van der Waals surface area contributed by atoms with Crippen molar-refractivity contribution in [2.75, 3.05) is 0 Å². The number of carbonyl (C=O) groups excluding carboxylic acids is 1. The van der Waals surface area contributed by atoms with Crippen molar-refractivity contribution in [2.45, 2.75) is 32.4 Å². The van der Waals surface area contributed by atoms with Gasteiger partial charge in [0.25, 0.3) is 0 Å². The van der Waals surface area contributed by atoms with Crippen LogP contribution >= 0.6 is 0 Å². The van der Waals surface area contributed by atoms with Gasteiger partial charge in [-0.05, 0) is 13.3 Å². The molecule has 0 aliphatic carbocycles. The third-order valence-electron chi connectivity index (χ3n) is 5.38. The van der Waals surface area contributed by atoms with E-state index in [0.29, 0.717) is 23.4 Å². The molecule has 1 amide bonds. The zero-order valence-corrected chi connectivity index (χ0v) is 16.6. The number of nitrogens with zero attached hydrogens (tertiary/aromatic N) is 5. The van der Waals surface area contributed by atoms with Gasteiger partial charge in [-0.3, -0.25) is 9.78 Å².